The van der Waals surface area contributed by atoms with E-state index in [1.807, 2.05) is 18.5 Å². The summed E-state index contributed by atoms with van der Waals surface area (Å²) in [5, 5.41) is 19.3. The first-order valence-electron chi connectivity index (χ1n) is 7.21. The van der Waals surface area contributed by atoms with Crippen molar-refractivity contribution in [2.75, 3.05) is 0 Å². The topological polar surface area (TPSA) is 108 Å². The van der Waals surface area contributed by atoms with E-state index in [4.69, 9.17) is 5.11 Å². The van der Waals surface area contributed by atoms with Gasteiger partial charge in [0.1, 0.15) is 17.3 Å². The van der Waals surface area contributed by atoms with Crippen LogP contribution in [0.3, 0.4) is 0 Å². The Hall–Kier alpha value is -2.57. The van der Waals surface area contributed by atoms with E-state index >= 15 is 0 Å². The van der Waals surface area contributed by atoms with Crippen LogP contribution in [0.4, 0.5) is 0 Å². The fraction of sp³-hybridized carbons (Fsp3) is 0.400. The number of H-pyrrole nitrogens is 1. The van der Waals surface area contributed by atoms with Gasteiger partial charge in [0.25, 0.3) is 5.56 Å². The molecule has 2 aromatic rings. The molecule has 0 radical (unpaired) electrons. The molecule has 1 aliphatic rings. The predicted octanol–water partition coefficient (Wildman–Crippen LogP) is 1.23. The molecule has 7 nitrogen and oxygen atoms in total. The third-order valence-electron chi connectivity index (χ3n) is 4.20. The molecule has 116 valence electrons. The first-order chi connectivity index (χ1) is 10.5. The number of aromatic nitrogens is 3. The number of carboxylic acids is 1. The second kappa shape index (κ2) is 5.01. The minimum absolute atomic E-state index is 0.440. The maximum absolute atomic E-state index is 12.0. The number of aryl methyl sites for hydroxylation is 1. The van der Waals surface area contributed by atoms with E-state index in [0.29, 0.717) is 23.4 Å². The number of aromatic hydroxyl groups is 1. The summed E-state index contributed by atoms with van der Waals surface area (Å²) >= 11 is 0. The normalized spacial score (nSPS) is 13.4. The standard InChI is InChI=1S/C15H17N3O4/c1-3-9-16-12-8(18(9)2)6-4-5-7-11(12)17-14(20)10(13(7)19)15(21)22/h3-6H2,1-2H3,(H,21,22)(H2,17,19,20). The second-order valence-electron chi connectivity index (χ2n) is 5.43. The quantitative estimate of drug-likeness (QED) is 0.773. The van der Waals surface area contributed by atoms with E-state index in [2.05, 4.69) is 9.97 Å². The number of imidazole rings is 1. The summed E-state index contributed by atoms with van der Waals surface area (Å²) in [7, 11) is 1.93. The lowest BCUT2D eigenvalue weighted by molar-refractivity contribution is 0.0691. The molecule has 22 heavy (non-hydrogen) atoms. The highest BCUT2D eigenvalue weighted by Crippen LogP contribution is 2.35. The maximum atomic E-state index is 12.0. The van der Waals surface area contributed by atoms with E-state index in [0.717, 1.165) is 30.8 Å². The number of carbonyl (C=O) groups is 1. The summed E-state index contributed by atoms with van der Waals surface area (Å²) in [6.45, 7) is 2.00. The summed E-state index contributed by atoms with van der Waals surface area (Å²) in [6.07, 6.45) is 2.76. The number of aromatic carboxylic acids is 1. The number of rotatable bonds is 2. The van der Waals surface area contributed by atoms with Gasteiger partial charge in [-0.3, -0.25) is 4.79 Å². The van der Waals surface area contributed by atoms with E-state index in [1.54, 1.807) is 0 Å². The van der Waals surface area contributed by atoms with Gasteiger partial charge in [-0.1, -0.05) is 6.92 Å². The van der Waals surface area contributed by atoms with Crippen molar-refractivity contribution in [1.82, 2.24) is 14.5 Å². The minimum atomic E-state index is -1.43. The zero-order valence-electron chi connectivity index (χ0n) is 12.4. The Kier molecular flexibility index (Phi) is 3.27. The van der Waals surface area contributed by atoms with Gasteiger partial charge in [-0.25, -0.2) is 9.78 Å². The summed E-state index contributed by atoms with van der Waals surface area (Å²) in [5.74, 6) is -0.982. The largest absolute Gasteiger partial charge is 0.506 e. The van der Waals surface area contributed by atoms with Gasteiger partial charge in [-0.2, -0.15) is 0 Å². The number of carboxylic acid groups (broad SMARTS) is 1. The number of fused-ring (bicyclic) bond motifs is 3. The summed E-state index contributed by atoms with van der Waals surface area (Å²) < 4.78 is 2.00. The Bertz CT molecular complexity index is 832. The Morgan fingerprint density at radius 3 is 2.77 bits per heavy atom. The molecule has 0 saturated carbocycles. The molecule has 0 spiro atoms. The molecule has 2 heterocycles. The molecule has 3 N–H and O–H groups in total. The van der Waals surface area contributed by atoms with Crippen molar-refractivity contribution in [3.63, 3.8) is 0 Å². The Morgan fingerprint density at radius 2 is 2.14 bits per heavy atom. The van der Waals surface area contributed by atoms with Gasteiger partial charge < -0.3 is 19.8 Å². The number of nitrogens with one attached hydrogen (secondary N) is 1. The van der Waals surface area contributed by atoms with Gasteiger partial charge >= 0.3 is 5.97 Å². The summed E-state index contributed by atoms with van der Waals surface area (Å²) in [4.78, 5) is 30.3. The lowest BCUT2D eigenvalue weighted by atomic mass is 10.0. The van der Waals surface area contributed by atoms with Crippen molar-refractivity contribution < 1.29 is 15.0 Å². The van der Waals surface area contributed by atoms with Crippen molar-refractivity contribution in [2.24, 2.45) is 7.05 Å². The molecular weight excluding hydrogens is 286 g/mol. The van der Waals surface area contributed by atoms with Crippen LogP contribution in [0.25, 0.3) is 11.4 Å². The average molecular weight is 303 g/mol. The predicted molar refractivity (Wildman–Crippen MR) is 79.3 cm³/mol. The first kappa shape index (κ1) is 14.4. The first-order valence-corrected chi connectivity index (χ1v) is 7.21. The van der Waals surface area contributed by atoms with Crippen LogP contribution >= 0.6 is 0 Å². The zero-order valence-corrected chi connectivity index (χ0v) is 12.4. The fourth-order valence-corrected chi connectivity index (χ4v) is 3.09. The second-order valence-corrected chi connectivity index (χ2v) is 5.43. The van der Waals surface area contributed by atoms with Crippen LogP contribution in [0.15, 0.2) is 4.79 Å². The van der Waals surface area contributed by atoms with Crippen LogP contribution in [-0.4, -0.2) is 30.7 Å². The van der Waals surface area contributed by atoms with Gasteiger partial charge in [0.15, 0.2) is 5.56 Å². The highest BCUT2D eigenvalue weighted by atomic mass is 16.4. The van der Waals surface area contributed by atoms with E-state index in [9.17, 15) is 14.7 Å². The van der Waals surface area contributed by atoms with E-state index in [-0.39, 0.29) is 0 Å². The minimum Gasteiger partial charge on any atom is -0.506 e. The Morgan fingerprint density at radius 1 is 1.41 bits per heavy atom. The lowest BCUT2D eigenvalue weighted by Crippen LogP contribution is -2.20. The SMILES string of the molecule is CCc1nc2c(n1C)CCCc1c-2[nH]c(=O)c(C(=O)O)c1O. The van der Waals surface area contributed by atoms with Gasteiger partial charge in [0.2, 0.25) is 0 Å². The van der Waals surface area contributed by atoms with Crippen LogP contribution in [0.2, 0.25) is 0 Å². The van der Waals surface area contributed by atoms with Crippen LogP contribution in [0.5, 0.6) is 5.75 Å². The maximum Gasteiger partial charge on any atom is 0.345 e. The molecule has 2 aromatic heterocycles. The molecule has 0 atom stereocenters. The molecule has 7 heteroatoms. The number of aromatic amines is 1. The Labute approximate surface area is 126 Å². The van der Waals surface area contributed by atoms with Crippen LogP contribution < -0.4 is 5.56 Å². The zero-order chi connectivity index (χ0) is 16.0. The van der Waals surface area contributed by atoms with E-state index < -0.39 is 22.8 Å². The van der Waals surface area contributed by atoms with Crippen LogP contribution in [-0.2, 0) is 26.3 Å². The van der Waals surface area contributed by atoms with Gasteiger partial charge in [0, 0.05) is 24.7 Å². The summed E-state index contributed by atoms with van der Waals surface area (Å²) in [5.41, 5.74) is 1.12. The molecule has 0 aliphatic heterocycles. The molecule has 0 saturated heterocycles. The Balaban J connectivity index is 2.34. The number of nitrogens with zero attached hydrogens (tertiary/aromatic N) is 2. The van der Waals surface area contributed by atoms with Gasteiger partial charge in [-0.05, 0) is 19.3 Å². The molecule has 0 unspecified atom stereocenters. The van der Waals surface area contributed by atoms with Crippen molar-refractivity contribution in [1.29, 1.82) is 0 Å². The smallest absolute Gasteiger partial charge is 0.345 e. The third kappa shape index (κ3) is 1.93. The molecule has 0 bridgehead atoms. The molecule has 0 amide bonds. The fourth-order valence-electron chi connectivity index (χ4n) is 3.09. The van der Waals surface area contributed by atoms with Crippen molar-refractivity contribution in [3.8, 4) is 17.1 Å². The van der Waals surface area contributed by atoms with Crippen molar-refractivity contribution in [3.05, 3.63) is 33.0 Å². The highest BCUT2D eigenvalue weighted by Gasteiger charge is 2.28. The van der Waals surface area contributed by atoms with Crippen LogP contribution in [0.1, 0.15) is 40.8 Å². The number of pyridine rings is 1. The van der Waals surface area contributed by atoms with Crippen molar-refractivity contribution >= 4 is 5.97 Å². The molecule has 0 fully saturated rings. The highest BCUT2D eigenvalue weighted by molar-refractivity contribution is 5.91. The van der Waals surface area contributed by atoms with Gasteiger partial charge in [-0.15, -0.1) is 0 Å². The molecule has 1 aliphatic carbocycles. The van der Waals surface area contributed by atoms with Crippen LogP contribution in [0, 0.1) is 0 Å². The van der Waals surface area contributed by atoms with Crippen molar-refractivity contribution in [2.45, 2.75) is 32.6 Å². The monoisotopic (exact) mass is 303 g/mol. The molecule has 3 rings (SSSR count). The average Bonchev–Trinajstić information content (AvgIpc) is 2.65. The molecular formula is C15H17N3O4. The lowest BCUT2D eigenvalue weighted by Gasteiger charge is -2.09. The third-order valence-corrected chi connectivity index (χ3v) is 4.20. The van der Waals surface area contributed by atoms with E-state index in [1.165, 1.54) is 0 Å². The summed E-state index contributed by atoms with van der Waals surface area (Å²) in [6, 6.07) is 0. The number of hydrogen-bond donors (Lipinski definition) is 3. The number of hydrogen-bond acceptors (Lipinski definition) is 4. The van der Waals surface area contributed by atoms with Gasteiger partial charge in [0.05, 0.1) is 5.69 Å². The molecule has 0 aromatic carbocycles.